The van der Waals surface area contributed by atoms with E-state index in [2.05, 4.69) is 49.8 Å². The van der Waals surface area contributed by atoms with Gasteiger partial charge in [0, 0.05) is 16.8 Å². The highest BCUT2D eigenvalue weighted by molar-refractivity contribution is 5.64. The molecule has 0 aliphatic carbocycles. The average molecular weight is 255 g/mol. The van der Waals surface area contributed by atoms with Crippen LogP contribution in [-0.4, -0.2) is 9.97 Å². The number of benzene rings is 1. The van der Waals surface area contributed by atoms with Crippen LogP contribution in [0.1, 0.15) is 34.9 Å². The van der Waals surface area contributed by atoms with Crippen molar-refractivity contribution >= 4 is 5.82 Å². The fourth-order valence-corrected chi connectivity index (χ4v) is 2.38. The second kappa shape index (κ2) is 5.00. The number of aromatic nitrogens is 2. The monoisotopic (exact) mass is 255 g/mol. The highest BCUT2D eigenvalue weighted by Gasteiger charge is 2.12. The Morgan fingerprint density at radius 1 is 0.947 bits per heavy atom. The van der Waals surface area contributed by atoms with Crippen LogP contribution in [0.4, 0.5) is 5.82 Å². The normalized spacial score (nSPS) is 10.8. The maximum Gasteiger partial charge on any atom is 0.162 e. The zero-order valence-electron chi connectivity index (χ0n) is 12.3. The topological polar surface area (TPSA) is 51.8 Å². The first kappa shape index (κ1) is 13.5. The van der Waals surface area contributed by atoms with Gasteiger partial charge in [-0.15, -0.1) is 0 Å². The molecule has 0 radical (unpaired) electrons. The van der Waals surface area contributed by atoms with Gasteiger partial charge in [0.2, 0.25) is 0 Å². The molecular formula is C16H21N3. The number of rotatable bonds is 2. The highest BCUT2D eigenvalue weighted by atomic mass is 15.0. The quantitative estimate of drug-likeness (QED) is 0.893. The third kappa shape index (κ3) is 2.46. The minimum absolute atomic E-state index is 0.600. The fourth-order valence-electron chi connectivity index (χ4n) is 2.38. The molecule has 3 nitrogen and oxygen atoms in total. The molecule has 0 saturated heterocycles. The van der Waals surface area contributed by atoms with Crippen LogP contribution in [0.15, 0.2) is 12.1 Å². The van der Waals surface area contributed by atoms with Crippen molar-refractivity contribution in [2.45, 2.75) is 41.0 Å². The van der Waals surface area contributed by atoms with E-state index in [9.17, 15) is 0 Å². The maximum atomic E-state index is 6.04. The summed E-state index contributed by atoms with van der Waals surface area (Å²) in [6.07, 6.45) is 0.865. The molecule has 100 valence electrons. The van der Waals surface area contributed by atoms with E-state index in [0.29, 0.717) is 5.82 Å². The summed E-state index contributed by atoms with van der Waals surface area (Å²) in [6.45, 7) is 10.4. The van der Waals surface area contributed by atoms with Crippen molar-refractivity contribution in [3.63, 3.8) is 0 Å². The summed E-state index contributed by atoms with van der Waals surface area (Å²) in [4.78, 5) is 9.09. The predicted octanol–water partition coefficient (Wildman–Crippen LogP) is 3.52. The van der Waals surface area contributed by atoms with E-state index in [1.165, 1.54) is 16.7 Å². The molecule has 0 fully saturated rings. The van der Waals surface area contributed by atoms with Crippen LogP contribution in [0, 0.1) is 27.7 Å². The second-order valence-electron chi connectivity index (χ2n) is 5.10. The molecular weight excluding hydrogens is 234 g/mol. The minimum Gasteiger partial charge on any atom is -0.383 e. The molecule has 0 aliphatic heterocycles. The molecule has 0 saturated carbocycles. The highest BCUT2D eigenvalue weighted by Crippen LogP contribution is 2.26. The smallest absolute Gasteiger partial charge is 0.162 e. The van der Waals surface area contributed by atoms with Crippen molar-refractivity contribution in [2.24, 2.45) is 0 Å². The maximum absolute atomic E-state index is 6.04. The Bertz CT molecular complexity index is 607. The molecule has 0 bridgehead atoms. The van der Waals surface area contributed by atoms with E-state index in [1.54, 1.807) is 0 Å². The molecule has 1 heterocycles. The van der Waals surface area contributed by atoms with Crippen molar-refractivity contribution in [3.05, 3.63) is 40.1 Å². The van der Waals surface area contributed by atoms with Crippen LogP contribution in [0.25, 0.3) is 11.4 Å². The number of anilines is 1. The summed E-state index contributed by atoms with van der Waals surface area (Å²) < 4.78 is 0. The molecule has 0 amide bonds. The summed E-state index contributed by atoms with van der Waals surface area (Å²) in [6, 6.07) is 4.32. The first-order valence-electron chi connectivity index (χ1n) is 6.65. The Morgan fingerprint density at radius 2 is 1.58 bits per heavy atom. The molecule has 0 spiro atoms. The van der Waals surface area contributed by atoms with Crippen molar-refractivity contribution in [3.8, 4) is 11.4 Å². The van der Waals surface area contributed by atoms with Gasteiger partial charge < -0.3 is 5.73 Å². The second-order valence-corrected chi connectivity index (χ2v) is 5.10. The predicted molar refractivity (Wildman–Crippen MR) is 80.2 cm³/mol. The number of aryl methyl sites for hydroxylation is 4. The Morgan fingerprint density at radius 3 is 2.16 bits per heavy atom. The zero-order valence-corrected chi connectivity index (χ0v) is 12.3. The lowest BCUT2D eigenvalue weighted by Crippen LogP contribution is -2.05. The van der Waals surface area contributed by atoms with Crippen molar-refractivity contribution < 1.29 is 0 Å². The van der Waals surface area contributed by atoms with E-state index < -0.39 is 0 Å². The third-order valence-electron chi connectivity index (χ3n) is 3.68. The van der Waals surface area contributed by atoms with Crippen LogP contribution in [-0.2, 0) is 6.42 Å². The molecule has 2 aromatic rings. The minimum atomic E-state index is 0.600. The van der Waals surface area contributed by atoms with E-state index in [4.69, 9.17) is 5.73 Å². The Labute approximate surface area is 114 Å². The molecule has 1 aromatic heterocycles. The van der Waals surface area contributed by atoms with E-state index >= 15 is 0 Å². The van der Waals surface area contributed by atoms with Crippen LogP contribution < -0.4 is 5.73 Å². The standard InChI is InChI=1S/C16H21N3/c1-6-13-12(5)18-16(19-15(13)17)14-8-10(3)9(2)7-11(14)4/h7-8H,6H2,1-5H3,(H2,17,18,19). The zero-order chi connectivity index (χ0) is 14.2. The number of nitrogen functional groups attached to an aromatic ring is 1. The number of nitrogens with two attached hydrogens (primary N) is 1. The number of nitrogens with zero attached hydrogens (tertiary/aromatic N) is 2. The van der Waals surface area contributed by atoms with E-state index in [1.807, 2.05) is 6.92 Å². The summed E-state index contributed by atoms with van der Waals surface area (Å²) in [5.41, 5.74) is 12.9. The molecule has 19 heavy (non-hydrogen) atoms. The van der Waals surface area contributed by atoms with Crippen molar-refractivity contribution in [1.82, 2.24) is 9.97 Å². The van der Waals surface area contributed by atoms with Gasteiger partial charge in [-0.3, -0.25) is 0 Å². The first-order valence-corrected chi connectivity index (χ1v) is 6.65. The Balaban J connectivity index is 2.63. The molecule has 3 heteroatoms. The van der Waals surface area contributed by atoms with Gasteiger partial charge in [0.15, 0.2) is 5.82 Å². The lowest BCUT2D eigenvalue weighted by Gasteiger charge is -2.12. The lowest BCUT2D eigenvalue weighted by atomic mass is 10.00. The van der Waals surface area contributed by atoms with Crippen LogP contribution in [0.5, 0.6) is 0 Å². The third-order valence-corrected chi connectivity index (χ3v) is 3.68. The van der Waals surface area contributed by atoms with Crippen molar-refractivity contribution in [2.75, 3.05) is 5.73 Å². The molecule has 0 atom stereocenters. The Kier molecular flexibility index (Phi) is 3.56. The van der Waals surface area contributed by atoms with Gasteiger partial charge in [0.1, 0.15) is 5.82 Å². The van der Waals surface area contributed by atoms with Gasteiger partial charge in [-0.1, -0.05) is 13.0 Å². The average Bonchev–Trinajstić information content (AvgIpc) is 2.33. The van der Waals surface area contributed by atoms with Crippen LogP contribution >= 0.6 is 0 Å². The van der Waals surface area contributed by atoms with Gasteiger partial charge in [0.25, 0.3) is 0 Å². The largest absolute Gasteiger partial charge is 0.383 e. The molecule has 0 aliphatic rings. The number of hydrogen-bond donors (Lipinski definition) is 1. The molecule has 2 N–H and O–H groups in total. The number of hydrogen-bond acceptors (Lipinski definition) is 3. The molecule has 2 rings (SSSR count). The van der Waals surface area contributed by atoms with Crippen LogP contribution in [0.3, 0.4) is 0 Å². The summed E-state index contributed by atoms with van der Waals surface area (Å²) in [5.74, 6) is 1.33. The van der Waals surface area contributed by atoms with Crippen molar-refractivity contribution in [1.29, 1.82) is 0 Å². The first-order chi connectivity index (χ1) is 8.93. The van der Waals surface area contributed by atoms with Gasteiger partial charge in [-0.05, 0) is 56.9 Å². The summed E-state index contributed by atoms with van der Waals surface area (Å²) >= 11 is 0. The lowest BCUT2D eigenvalue weighted by molar-refractivity contribution is 1.01. The summed E-state index contributed by atoms with van der Waals surface area (Å²) in [7, 11) is 0. The fraction of sp³-hybridized carbons (Fsp3) is 0.375. The van der Waals surface area contributed by atoms with Crippen LogP contribution in [0.2, 0.25) is 0 Å². The van der Waals surface area contributed by atoms with Gasteiger partial charge in [-0.2, -0.15) is 0 Å². The SMILES string of the molecule is CCc1c(C)nc(-c2cc(C)c(C)cc2C)nc1N. The molecule has 0 unspecified atom stereocenters. The Hall–Kier alpha value is -1.90. The summed E-state index contributed by atoms with van der Waals surface area (Å²) in [5, 5.41) is 0. The molecule has 1 aromatic carbocycles. The van der Waals surface area contributed by atoms with Gasteiger partial charge >= 0.3 is 0 Å². The van der Waals surface area contributed by atoms with Gasteiger partial charge in [-0.25, -0.2) is 9.97 Å². The van der Waals surface area contributed by atoms with Gasteiger partial charge in [0.05, 0.1) is 0 Å². The van der Waals surface area contributed by atoms with E-state index in [0.717, 1.165) is 29.1 Å². The van der Waals surface area contributed by atoms with E-state index in [-0.39, 0.29) is 0 Å².